The maximum atomic E-state index is 13.5. The van der Waals surface area contributed by atoms with E-state index in [1.165, 1.54) is 12.1 Å². The van der Waals surface area contributed by atoms with Crippen LogP contribution >= 0.6 is 0 Å². The van der Waals surface area contributed by atoms with Crippen LogP contribution < -0.4 is 9.46 Å². The zero-order valence-corrected chi connectivity index (χ0v) is 14.4. The van der Waals surface area contributed by atoms with Crippen molar-refractivity contribution in [1.82, 2.24) is 4.72 Å². The van der Waals surface area contributed by atoms with E-state index >= 15 is 0 Å². The molecule has 23 heavy (non-hydrogen) atoms. The van der Waals surface area contributed by atoms with Gasteiger partial charge in [-0.05, 0) is 39.7 Å². The Morgan fingerprint density at radius 3 is 2.74 bits per heavy atom. The first kappa shape index (κ1) is 16.6. The predicted molar refractivity (Wildman–Crippen MR) is 86.7 cm³/mol. The Morgan fingerprint density at radius 2 is 2.17 bits per heavy atom. The van der Waals surface area contributed by atoms with E-state index in [1.54, 1.807) is 6.07 Å². The van der Waals surface area contributed by atoms with Crippen LogP contribution in [0.1, 0.15) is 45.1 Å². The first-order valence-corrected chi connectivity index (χ1v) is 8.92. The minimum absolute atomic E-state index is 0.0969. The quantitative estimate of drug-likeness (QED) is 0.862. The van der Waals surface area contributed by atoms with Crippen LogP contribution in [0, 0.1) is 22.6 Å². The third-order valence-electron chi connectivity index (χ3n) is 4.64. The molecule has 3 rings (SSSR count). The Kier molecular flexibility index (Phi) is 4.07. The fourth-order valence-electron chi connectivity index (χ4n) is 3.14. The molecule has 6 heteroatoms. The van der Waals surface area contributed by atoms with Gasteiger partial charge in [-0.15, -0.1) is 4.72 Å². The Bertz CT molecular complexity index is 649. The van der Waals surface area contributed by atoms with Crippen molar-refractivity contribution in [1.29, 1.82) is 5.26 Å². The maximum Gasteiger partial charge on any atom is 0.146 e. The molecule has 0 bridgehead atoms. The fourth-order valence-corrected chi connectivity index (χ4v) is 3.91. The van der Waals surface area contributed by atoms with Crippen molar-refractivity contribution in [2.24, 2.45) is 5.41 Å². The second kappa shape index (κ2) is 5.66. The topological polar surface area (TPSA) is 68.1 Å². The van der Waals surface area contributed by atoms with Gasteiger partial charge < -0.3 is 9.29 Å². The van der Waals surface area contributed by atoms with E-state index in [9.17, 15) is 14.2 Å². The molecule has 1 aromatic rings. The molecule has 1 aromatic carbocycles. The SMILES string of the molecule is CC(C)(C)[S+]([O-])N[C@H](C#N)[C@@H]1c2ccc(F)cc2OCC12CC2. The molecule has 1 heterocycles. The van der Waals surface area contributed by atoms with Crippen LogP contribution in [0.5, 0.6) is 5.75 Å². The van der Waals surface area contributed by atoms with Crippen molar-refractivity contribution in [3.8, 4) is 11.8 Å². The minimum atomic E-state index is -1.34. The third kappa shape index (κ3) is 3.06. The van der Waals surface area contributed by atoms with Crippen LogP contribution in [0.15, 0.2) is 18.2 Å². The molecule has 1 fully saturated rings. The summed E-state index contributed by atoms with van der Waals surface area (Å²) in [6, 6.07) is 6.14. The van der Waals surface area contributed by atoms with E-state index in [0.717, 1.165) is 18.4 Å². The summed E-state index contributed by atoms with van der Waals surface area (Å²) in [7, 11) is 0. The van der Waals surface area contributed by atoms with Gasteiger partial charge in [-0.2, -0.15) is 5.26 Å². The van der Waals surface area contributed by atoms with Crippen molar-refractivity contribution >= 4 is 11.4 Å². The van der Waals surface area contributed by atoms with Gasteiger partial charge >= 0.3 is 0 Å². The molecular formula is C17H21FN2O2S. The van der Waals surface area contributed by atoms with Crippen molar-refractivity contribution < 1.29 is 13.7 Å². The molecule has 4 nitrogen and oxygen atoms in total. The number of ether oxygens (including phenoxy) is 1. The Morgan fingerprint density at radius 1 is 1.48 bits per heavy atom. The smallest absolute Gasteiger partial charge is 0.146 e. The Labute approximate surface area is 139 Å². The summed E-state index contributed by atoms with van der Waals surface area (Å²) in [6.07, 6.45) is 1.94. The first-order chi connectivity index (χ1) is 10.8. The van der Waals surface area contributed by atoms with Crippen LogP contribution in [0.3, 0.4) is 0 Å². The summed E-state index contributed by atoms with van der Waals surface area (Å²) < 4.78 is 34.2. The number of halogens is 1. The molecule has 0 amide bonds. The fraction of sp³-hybridized carbons (Fsp3) is 0.588. The standard InChI is InChI=1S/C17H21FN2O2S/c1-16(2,3)23(21)20-13(9-19)15-12-5-4-11(18)8-14(12)22-10-17(15)6-7-17/h4-5,8,13,15,20H,6-7,10H2,1-3H3/t13-,15+,23?/m1/s1. The van der Waals surface area contributed by atoms with E-state index < -0.39 is 22.2 Å². The number of hydrogen-bond donors (Lipinski definition) is 1. The number of nitrogens with zero attached hydrogens (tertiary/aromatic N) is 1. The van der Waals surface area contributed by atoms with E-state index in [4.69, 9.17) is 4.74 Å². The third-order valence-corrected chi connectivity index (χ3v) is 6.22. The number of hydrogen-bond acceptors (Lipinski definition) is 4. The minimum Gasteiger partial charge on any atom is -0.598 e. The summed E-state index contributed by atoms with van der Waals surface area (Å²) >= 11 is -1.34. The molecule has 0 radical (unpaired) electrons. The first-order valence-electron chi connectivity index (χ1n) is 7.77. The molecule has 0 saturated heterocycles. The zero-order chi connectivity index (χ0) is 16.8. The summed E-state index contributed by atoms with van der Waals surface area (Å²) in [5.74, 6) is 0.00764. The summed E-state index contributed by atoms with van der Waals surface area (Å²) in [5.41, 5.74) is 0.737. The molecule has 1 aliphatic heterocycles. The van der Waals surface area contributed by atoms with Crippen LogP contribution in [0.4, 0.5) is 4.39 Å². The molecule has 1 saturated carbocycles. The highest BCUT2D eigenvalue weighted by Crippen LogP contribution is 2.61. The summed E-state index contributed by atoms with van der Waals surface area (Å²) in [6.45, 7) is 6.08. The molecule has 124 valence electrons. The van der Waals surface area contributed by atoms with E-state index in [0.29, 0.717) is 12.4 Å². The predicted octanol–water partition coefficient (Wildman–Crippen LogP) is 3.03. The largest absolute Gasteiger partial charge is 0.598 e. The Hall–Kier alpha value is -1.29. The number of rotatable bonds is 3. The van der Waals surface area contributed by atoms with Gasteiger partial charge in [0, 0.05) is 34.3 Å². The van der Waals surface area contributed by atoms with Gasteiger partial charge in [0.2, 0.25) is 0 Å². The van der Waals surface area contributed by atoms with Crippen LogP contribution in [0.25, 0.3) is 0 Å². The number of nitriles is 1. The molecule has 1 unspecified atom stereocenters. The Balaban J connectivity index is 1.94. The lowest BCUT2D eigenvalue weighted by Gasteiger charge is -2.37. The van der Waals surface area contributed by atoms with E-state index in [-0.39, 0.29) is 17.2 Å². The lowest BCUT2D eigenvalue weighted by molar-refractivity contribution is 0.166. The lowest BCUT2D eigenvalue weighted by Crippen LogP contribution is -2.49. The highest BCUT2D eigenvalue weighted by molar-refractivity contribution is 7.90. The normalized spacial score (nSPS) is 24.3. The molecule has 3 atom stereocenters. The van der Waals surface area contributed by atoms with Crippen LogP contribution in [-0.2, 0) is 11.4 Å². The highest BCUT2D eigenvalue weighted by atomic mass is 32.2. The monoisotopic (exact) mass is 336 g/mol. The average molecular weight is 336 g/mol. The van der Waals surface area contributed by atoms with Crippen molar-refractivity contribution in [2.75, 3.05) is 6.61 Å². The number of benzene rings is 1. The summed E-state index contributed by atoms with van der Waals surface area (Å²) in [5, 5.41) is 9.67. The van der Waals surface area contributed by atoms with Crippen molar-refractivity contribution in [2.45, 2.75) is 50.3 Å². The molecule has 2 aliphatic rings. The van der Waals surface area contributed by atoms with Crippen molar-refractivity contribution in [3.05, 3.63) is 29.6 Å². The number of fused-ring (bicyclic) bond motifs is 1. The molecule has 0 aromatic heterocycles. The maximum absolute atomic E-state index is 13.5. The van der Waals surface area contributed by atoms with Crippen molar-refractivity contribution in [3.63, 3.8) is 0 Å². The van der Waals surface area contributed by atoms with Gasteiger partial charge in [-0.1, -0.05) is 6.07 Å². The van der Waals surface area contributed by atoms with E-state index in [2.05, 4.69) is 10.8 Å². The van der Waals surface area contributed by atoms with Crippen LogP contribution in [-0.4, -0.2) is 21.9 Å². The molecule has 1 aliphatic carbocycles. The van der Waals surface area contributed by atoms with Gasteiger partial charge in [-0.25, -0.2) is 4.39 Å². The molecule has 1 spiro atoms. The summed E-state index contributed by atoms with van der Waals surface area (Å²) in [4.78, 5) is 0. The van der Waals surface area contributed by atoms with Gasteiger partial charge in [0.1, 0.15) is 22.4 Å². The van der Waals surface area contributed by atoms with Gasteiger partial charge in [0.25, 0.3) is 0 Å². The second-order valence-corrected chi connectivity index (χ2v) is 9.41. The molecule has 1 N–H and O–H groups in total. The second-order valence-electron chi connectivity index (χ2n) is 7.42. The van der Waals surface area contributed by atoms with Gasteiger partial charge in [0.15, 0.2) is 0 Å². The van der Waals surface area contributed by atoms with Crippen LogP contribution in [0.2, 0.25) is 0 Å². The van der Waals surface area contributed by atoms with Gasteiger partial charge in [-0.3, -0.25) is 0 Å². The number of nitrogens with one attached hydrogen (secondary N) is 1. The lowest BCUT2D eigenvalue weighted by atomic mass is 9.77. The van der Waals surface area contributed by atoms with Gasteiger partial charge in [0.05, 0.1) is 12.7 Å². The molecular weight excluding hydrogens is 315 g/mol. The highest BCUT2D eigenvalue weighted by Gasteiger charge is 2.57. The average Bonchev–Trinajstić information content (AvgIpc) is 3.25. The zero-order valence-electron chi connectivity index (χ0n) is 13.6. The van der Waals surface area contributed by atoms with E-state index in [1.807, 2.05) is 20.8 Å².